The molecule has 2 aromatic carbocycles. The van der Waals surface area contributed by atoms with E-state index in [4.69, 9.17) is 4.74 Å². The second-order valence-electron chi connectivity index (χ2n) is 14.6. The molecule has 1 saturated carbocycles. The summed E-state index contributed by atoms with van der Waals surface area (Å²) in [6, 6.07) is 12.9. The third kappa shape index (κ3) is 6.99. The zero-order valence-corrected chi connectivity index (χ0v) is 28.2. The number of methoxy groups -OCH3 is 1. The molecule has 3 saturated heterocycles. The average molecular weight is 649 g/mol. The number of halogens is 2. The van der Waals surface area contributed by atoms with Gasteiger partial charge in [-0.2, -0.15) is 5.26 Å². The highest BCUT2D eigenvalue weighted by Gasteiger charge is 2.53. The van der Waals surface area contributed by atoms with Crippen molar-refractivity contribution in [1.82, 2.24) is 20.0 Å². The Hall–Kier alpha value is -3.26. The van der Waals surface area contributed by atoms with Crippen LogP contribution in [0.25, 0.3) is 0 Å². The molecule has 1 amide bonds. The number of rotatable bonds is 11. The molecule has 10 heteroatoms. The first-order valence-corrected chi connectivity index (χ1v) is 17.4. The maximum absolute atomic E-state index is 15.5. The summed E-state index contributed by atoms with van der Waals surface area (Å²) in [4.78, 5) is 21.5. The standard InChI is InChI=1S/C37H50F2N6O2/c1-42(2)24-31-27(20-40)11-12-34(35(31)39)45-22-26(23-45)21-43-17-13-28(14-18-43)37(25-44-15-6-16-44,29-7-4-8-30(38)19-29)32-9-5-10-33(32)41-36(46)47-3/h4,7-8,11-12,19,26,28,32-33H,5-6,9-10,13-18,21-25H2,1-3H3,(H,41,46)/t32-,33-,37-/m0/s1. The van der Waals surface area contributed by atoms with E-state index in [2.05, 4.69) is 32.2 Å². The molecule has 0 spiro atoms. The maximum atomic E-state index is 15.5. The van der Waals surface area contributed by atoms with Crippen molar-refractivity contribution in [3.8, 4) is 6.07 Å². The minimum atomic E-state index is -0.391. The first-order chi connectivity index (χ1) is 22.7. The van der Waals surface area contributed by atoms with Crippen molar-refractivity contribution in [2.75, 3.05) is 78.5 Å². The summed E-state index contributed by atoms with van der Waals surface area (Å²) < 4.78 is 35.5. The van der Waals surface area contributed by atoms with Gasteiger partial charge in [-0.3, -0.25) is 0 Å². The largest absolute Gasteiger partial charge is 0.453 e. The zero-order chi connectivity index (χ0) is 33.1. The van der Waals surface area contributed by atoms with Gasteiger partial charge in [-0.05, 0) is 114 Å². The summed E-state index contributed by atoms with van der Waals surface area (Å²) in [7, 11) is 5.18. The Bertz CT molecular complexity index is 1450. The quantitative estimate of drug-likeness (QED) is 0.359. The number of hydrogen-bond donors (Lipinski definition) is 1. The number of ether oxygens (including phenoxy) is 1. The summed E-state index contributed by atoms with van der Waals surface area (Å²) in [6.07, 6.45) is 5.76. The lowest BCUT2D eigenvalue weighted by atomic mass is 9.57. The fourth-order valence-electron chi connectivity index (χ4n) is 9.04. The van der Waals surface area contributed by atoms with Gasteiger partial charge in [0.05, 0.1) is 24.4 Å². The predicted molar refractivity (Wildman–Crippen MR) is 179 cm³/mol. The first-order valence-electron chi connectivity index (χ1n) is 17.4. The van der Waals surface area contributed by atoms with E-state index in [1.807, 2.05) is 25.1 Å². The average Bonchev–Trinajstić information content (AvgIpc) is 3.48. The summed E-state index contributed by atoms with van der Waals surface area (Å²) in [5.41, 5.74) is 2.24. The topological polar surface area (TPSA) is 75.1 Å². The number of alkyl carbamates (subject to hydrolysis) is 1. The summed E-state index contributed by atoms with van der Waals surface area (Å²) in [5.74, 6) is 0.522. The molecule has 0 radical (unpaired) electrons. The fraction of sp³-hybridized carbons (Fsp3) is 0.622. The lowest BCUT2D eigenvalue weighted by Gasteiger charge is -2.54. The van der Waals surface area contributed by atoms with Gasteiger partial charge in [-0.1, -0.05) is 18.6 Å². The molecule has 3 atom stereocenters. The van der Waals surface area contributed by atoms with Crippen LogP contribution < -0.4 is 10.2 Å². The van der Waals surface area contributed by atoms with Crippen LogP contribution in [0.5, 0.6) is 0 Å². The van der Waals surface area contributed by atoms with Crippen molar-refractivity contribution in [1.29, 1.82) is 5.26 Å². The summed E-state index contributed by atoms with van der Waals surface area (Å²) >= 11 is 0. The molecule has 4 aliphatic rings. The number of likely N-dealkylation sites (tertiary alicyclic amines) is 2. The third-order valence-corrected chi connectivity index (χ3v) is 11.4. The minimum absolute atomic E-state index is 0.00755. The molecule has 1 N–H and O–H groups in total. The van der Waals surface area contributed by atoms with Gasteiger partial charge >= 0.3 is 6.09 Å². The van der Waals surface area contributed by atoms with E-state index in [9.17, 15) is 14.4 Å². The zero-order valence-electron chi connectivity index (χ0n) is 28.2. The van der Waals surface area contributed by atoms with Crippen LogP contribution in [0.2, 0.25) is 0 Å². The highest BCUT2D eigenvalue weighted by atomic mass is 19.1. The molecule has 4 fully saturated rings. The number of carbonyl (C=O) groups excluding carboxylic acids is 1. The number of carbonyl (C=O) groups is 1. The Balaban J connectivity index is 1.16. The summed E-state index contributed by atoms with van der Waals surface area (Å²) in [5, 5.41) is 12.7. The van der Waals surface area contributed by atoms with Crippen LogP contribution in [0.3, 0.4) is 0 Å². The molecule has 3 heterocycles. The van der Waals surface area contributed by atoms with Crippen LogP contribution in [-0.2, 0) is 16.7 Å². The van der Waals surface area contributed by atoms with Gasteiger partial charge in [-0.25, -0.2) is 13.6 Å². The van der Waals surface area contributed by atoms with Crippen LogP contribution in [0.15, 0.2) is 36.4 Å². The Morgan fingerprint density at radius 2 is 1.81 bits per heavy atom. The number of piperidine rings is 1. The Kier molecular flexibility index (Phi) is 10.4. The number of hydrogen-bond acceptors (Lipinski definition) is 7. The van der Waals surface area contributed by atoms with E-state index in [1.165, 1.54) is 19.6 Å². The fourth-order valence-corrected chi connectivity index (χ4v) is 9.04. The number of nitrogens with zero attached hydrogens (tertiary/aromatic N) is 5. The van der Waals surface area contributed by atoms with Gasteiger partial charge < -0.3 is 29.7 Å². The van der Waals surface area contributed by atoms with Crippen molar-refractivity contribution in [2.45, 2.75) is 56.5 Å². The van der Waals surface area contributed by atoms with Gasteiger partial charge in [0.25, 0.3) is 0 Å². The number of benzene rings is 2. The van der Waals surface area contributed by atoms with Crippen molar-refractivity contribution in [3.63, 3.8) is 0 Å². The van der Waals surface area contributed by atoms with Crippen LogP contribution >= 0.6 is 0 Å². The molecule has 3 aliphatic heterocycles. The van der Waals surface area contributed by atoms with E-state index in [0.29, 0.717) is 35.2 Å². The first kappa shape index (κ1) is 33.6. The third-order valence-electron chi connectivity index (χ3n) is 11.4. The molecular weight excluding hydrogens is 598 g/mol. The highest BCUT2D eigenvalue weighted by molar-refractivity contribution is 5.67. The molecule has 8 nitrogen and oxygen atoms in total. The molecular formula is C37H50F2N6O2. The molecule has 254 valence electrons. The van der Waals surface area contributed by atoms with Crippen LogP contribution in [0.4, 0.5) is 19.3 Å². The Morgan fingerprint density at radius 1 is 1.04 bits per heavy atom. The lowest BCUT2D eigenvalue weighted by Crippen LogP contribution is -2.60. The predicted octanol–water partition coefficient (Wildman–Crippen LogP) is 5.21. The van der Waals surface area contributed by atoms with Gasteiger partial charge in [0.15, 0.2) is 5.82 Å². The van der Waals surface area contributed by atoms with Gasteiger partial charge in [-0.15, -0.1) is 0 Å². The van der Waals surface area contributed by atoms with Crippen molar-refractivity contribution < 1.29 is 18.3 Å². The Morgan fingerprint density at radius 3 is 2.45 bits per heavy atom. The van der Waals surface area contributed by atoms with E-state index in [0.717, 1.165) is 90.0 Å². The van der Waals surface area contributed by atoms with Crippen molar-refractivity contribution in [3.05, 3.63) is 64.7 Å². The molecule has 1 aliphatic carbocycles. The SMILES string of the molecule is COC(=O)N[C@H]1CCC[C@@H]1[C@](CN1CCC1)(c1cccc(F)c1)C1CCN(CC2CN(c3ccc(C#N)c(CN(C)C)c3F)C2)CC1. The second kappa shape index (κ2) is 14.5. The normalized spacial score (nSPS) is 24.0. The van der Waals surface area contributed by atoms with Crippen LogP contribution in [-0.4, -0.2) is 100 Å². The molecule has 0 bridgehead atoms. The van der Waals surface area contributed by atoms with E-state index in [1.54, 1.807) is 18.2 Å². The molecule has 2 aromatic rings. The molecule has 47 heavy (non-hydrogen) atoms. The van der Waals surface area contributed by atoms with Gasteiger partial charge in [0.2, 0.25) is 0 Å². The van der Waals surface area contributed by atoms with Crippen molar-refractivity contribution >= 4 is 11.8 Å². The molecule has 0 aromatic heterocycles. The summed E-state index contributed by atoms with van der Waals surface area (Å²) in [6.45, 7) is 7.92. The lowest BCUT2D eigenvalue weighted by molar-refractivity contribution is 0.0223. The van der Waals surface area contributed by atoms with E-state index in [-0.39, 0.29) is 29.0 Å². The molecule has 0 unspecified atom stereocenters. The molecule has 6 rings (SSSR count). The van der Waals surface area contributed by atoms with E-state index >= 15 is 4.39 Å². The van der Waals surface area contributed by atoms with Crippen molar-refractivity contribution in [2.24, 2.45) is 17.8 Å². The number of anilines is 1. The smallest absolute Gasteiger partial charge is 0.407 e. The second-order valence-corrected chi connectivity index (χ2v) is 14.6. The highest BCUT2D eigenvalue weighted by Crippen LogP contribution is 2.51. The van der Waals surface area contributed by atoms with Gasteiger partial charge in [0.1, 0.15) is 5.82 Å². The number of amides is 1. The van der Waals surface area contributed by atoms with Crippen LogP contribution in [0, 0.1) is 40.7 Å². The van der Waals surface area contributed by atoms with Gasteiger partial charge in [0, 0.05) is 55.7 Å². The monoisotopic (exact) mass is 648 g/mol. The Labute approximate surface area is 278 Å². The maximum Gasteiger partial charge on any atom is 0.407 e. The van der Waals surface area contributed by atoms with E-state index < -0.39 is 6.09 Å². The van der Waals surface area contributed by atoms with Crippen LogP contribution in [0.1, 0.15) is 55.2 Å². The number of nitrogens with one attached hydrogen (secondary N) is 1. The number of nitriles is 1. The minimum Gasteiger partial charge on any atom is -0.453 e.